The molecule has 6 nitrogen and oxygen atoms in total. The minimum absolute atomic E-state index is 0.102. The van der Waals surface area contributed by atoms with Gasteiger partial charge in [0.05, 0.1) is 33.8 Å². The molecule has 0 aliphatic rings. The molecule has 1 N–H and O–H groups in total. The third kappa shape index (κ3) is 5.49. The molecule has 2 rings (SSSR count). The van der Waals surface area contributed by atoms with Crippen LogP contribution in [0.4, 0.5) is 0 Å². The Morgan fingerprint density at radius 1 is 1.15 bits per heavy atom. The summed E-state index contributed by atoms with van der Waals surface area (Å²) in [6.45, 7) is 0. The summed E-state index contributed by atoms with van der Waals surface area (Å²) >= 11 is 1.49. The summed E-state index contributed by atoms with van der Waals surface area (Å²) in [6, 6.07) is 8.88. The van der Waals surface area contributed by atoms with E-state index < -0.39 is 0 Å². The average molecular weight is 377 g/mol. The van der Waals surface area contributed by atoms with Gasteiger partial charge in [-0.2, -0.15) is 0 Å². The summed E-state index contributed by atoms with van der Waals surface area (Å²) in [4.78, 5) is 25.0. The smallest absolute Gasteiger partial charge is 0.307 e. The first-order valence-corrected chi connectivity index (χ1v) is 9.05. The van der Waals surface area contributed by atoms with E-state index in [2.05, 4.69) is 5.32 Å². The third-order valence-corrected chi connectivity index (χ3v) is 4.92. The van der Waals surface area contributed by atoms with Crippen molar-refractivity contribution >= 4 is 23.2 Å². The largest absolute Gasteiger partial charge is 0.497 e. The number of hydrogen-bond acceptors (Lipinski definition) is 6. The van der Waals surface area contributed by atoms with Crippen LogP contribution in [0, 0.1) is 0 Å². The molecule has 0 aliphatic carbocycles. The zero-order valence-corrected chi connectivity index (χ0v) is 15.9. The number of amides is 1. The van der Waals surface area contributed by atoms with E-state index in [4.69, 9.17) is 14.2 Å². The lowest BCUT2D eigenvalue weighted by Crippen LogP contribution is -2.30. The van der Waals surface area contributed by atoms with E-state index in [0.29, 0.717) is 17.9 Å². The molecule has 0 spiro atoms. The number of thiophene rings is 1. The van der Waals surface area contributed by atoms with Gasteiger partial charge in [0.2, 0.25) is 5.91 Å². The number of hydrogen-bond donors (Lipinski definition) is 1. The maximum absolute atomic E-state index is 12.4. The summed E-state index contributed by atoms with van der Waals surface area (Å²) in [5.41, 5.74) is 0.891. The highest BCUT2D eigenvalue weighted by atomic mass is 32.1. The fourth-order valence-electron chi connectivity index (χ4n) is 2.55. The molecule has 26 heavy (non-hydrogen) atoms. The number of rotatable bonds is 9. The van der Waals surface area contributed by atoms with Crippen LogP contribution < -0.4 is 14.8 Å². The number of benzene rings is 1. The molecular formula is C19H23NO5S. The van der Waals surface area contributed by atoms with E-state index >= 15 is 0 Å². The lowest BCUT2D eigenvalue weighted by molar-refractivity contribution is -0.141. The van der Waals surface area contributed by atoms with Gasteiger partial charge in [0.25, 0.3) is 0 Å². The van der Waals surface area contributed by atoms with Gasteiger partial charge in [0, 0.05) is 11.3 Å². The van der Waals surface area contributed by atoms with Crippen LogP contribution in [-0.2, 0) is 20.7 Å². The highest BCUT2D eigenvalue weighted by molar-refractivity contribution is 7.10. The second-order valence-corrected chi connectivity index (χ2v) is 6.57. The van der Waals surface area contributed by atoms with Gasteiger partial charge in [-0.15, -0.1) is 11.3 Å². The van der Waals surface area contributed by atoms with Crippen molar-refractivity contribution in [3.63, 3.8) is 0 Å². The first-order chi connectivity index (χ1) is 12.6. The van der Waals surface area contributed by atoms with E-state index in [9.17, 15) is 9.59 Å². The summed E-state index contributed by atoms with van der Waals surface area (Å²) in [5.74, 6) is 0.918. The van der Waals surface area contributed by atoms with Crippen LogP contribution in [0.2, 0.25) is 0 Å². The Labute approximate surface area is 157 Å². The van der Waals surface area contributed by atoms with E-state index in [-0.39, 0.29) is 30.8 Å². The van der Waals surface area contributed by atoms with Gasteiger partial charge in [0.15, 0.2) is 0 Å². The van der Waals surface area contributed by atoms with Gasteiger partial charge in [-0.05, 0) is 41.6 Å². The first kappa shape index (κ1) is 19.8. The topological polar surface area (TPSA) is 73.9 Å². The van der Waals surface area contributed by atoms with Gasteiger partial charge in [-0.1, -0.05) is 6.07 Å². The van der Waals surface area contributed by atoms with Crippen LogP contribution in [0.3, 0.4) is 0 Å². The molecular weight excluding hydrogens is 354 g/mol. The molecule has 0 unspecified atom stereocenters. The molecule has 0 radical (unpaired) electrons. The number of ether oxygens (including phenoxy) is 3. The molecule has 0 fully saturated rings. The molecule has 140 valence electrons. The highest BCUT2D eigenvalue weighted by Gasteiger charge is 2.20. The molecule has 1 aromatic heterocycles. The average Bonchev–Trinajstić information content (AvgIpc) is 3.20. The van der Waals surface area contributed by atoms with E-state index in [1.165, 1.54) is 18.4 Å². The Kier molecular flexibility index (Phi) is 7.47. The predicted octanol–water partition coefficient (Wildman–Crippen LogP) is 3.12. The predicted molar refractivity (Wildman–Crippen MR) is 99.7 cm³/mol. The van der Waals surface area contributed by atoms with Crippen molar-refractivity contribution in [2.24, 2.45) is 0 Å². The molecule has 1 aromatic carbocycles. The van der Waals surface area contributed by atoms with Crippen molar-refractivity contribution < 1.29 is 23.8 Å². The standard InChI is InChI=1S/C19H23NO5S/c1-23-14-7-8-16(24-2)13(11-14)6-9-18(21)20-15(12-19(22)25-3)17-5-4-10-26-17/h4-5,7-8,10-11,15H,6,9,12H2,1-3H3,(H,20,21)/t15-/m0/s1. The van der Waals surface area contributed by atoms with Crippen molar-refractivity contribution in [1.82, 2.24) is 5.32 Å². The second-order valence-electron chi connectivity index (χ2n) is 5.59. The van der Waals surface area contributed by atoms with Gasteiger partial charge in [-0.3, -0.25) is 9.59 Å². The molecule has 1 atom stereocenters. The zero-order chi connectivity index (χ0) is 18.9. The Morgan fingerprint density at radius 3 is 2.58 bits per heavy atom. The Morgan fingerprint density at radius 2 is 1.96 bits per heavy atom. The Bertz CT molecular complexity index is 730. The van der Waals surface area contributed by atoms with Crippen LogP contribution in [0.5, 0.6) is 11.5 Å². The Hall–Kier alpha value is -2.54. The second kappa shape index (κ2) is 9.82. The lowest BCUT2D eigenvalue weighted by Gasteiger charge is -2.17. The lowest BCUT2D eigenvalue weighted by atomic mass is 10.1. The van der Waals surface area contributed by atoms with E-state index in [0.717, 1.165) is 10.4 Å². The number of carbonyl (C=O) groups excluding carboxylic acids is 2. The van der Waals surface area contributed by atoms with Crippen LogP contribution in [-0.4, -0.2) is 33.2 Å². The van der Waals surface area contributed by atoms with Gasteiger partial charge >= 0.3 is 5.97 Å². The molecule has 0 bridgehead atoms. The summed E-state index contributed by atoms with van der Waals surface area (Å²) < 4.78 is 15.3. The van der Waals surface area contributed by atoms with Crippen molar-refractivity contribution in [2.75, 3.05) is 21.3 Å². The van der Waals surface area contributed by atoms with Crippen LogP contribution in [0.25, 0.3) is 0 Å². The van der Waals surface area contributed by atoms with Crippen LogP contribution in [0.1, 0.15) is 29.3 Å². The minimum Gasteiger partial charge on any atom is -0.497 e. The maximum Gasteiger partial charge on any atom is 0.307 e. The highest BCUT2D eigenvalue weighted by Crippen LogP contribution is 2.26. The molecule has 0 saturated carbocycles. The number of nitrogens with one attached hydrogen (secondary N) is 1. The molecule has 7 heteroatoms. The molecule has 2 aromatic rings. The van der Waals surface area contributed by atoms with Gasteiger partial charge in [-0.25, -0.2) is 0 Å². The quantitative estimate of drug-likeness (QED) is 0.680. The number of esters is 1. The number of carbonyl (C=O) groups is 2. The molecule has 0 aliphatic heterocycles. The van der Waals surface area contributed by atoms with Gasteiger partial charge < -0.3 is 19.5 Å². The van der Waals surface area contributed by atoms with Crippen LogP contribution in [0.15, 0.2) is 35.7 Å². The number of methoxy groups -OCH3 is 3. The monoisotopic (exact) mass is 377 g/mol. The molecule has 1 amide bonds. The molecule has 1 heterocycles. The fourth-order valence-corrected chi connectivity index (χ4v) is 3.33. The van der Waals surface area contributed by atoms with Crippen molar-refractivity contribution in [3.8, 4) is 11.5 Å². The van der Waals surface area contributed by atoms with Gasteiger partial charge in [0.1, 0.15) is 11.5 Å². The van der Waals surface area contributed by atoms with Crippen molar-refractivity contribution in [2.45, 2.75) is 25.3 Å². The minimum atomic E-state index is -0.387. The first-order valence-electron chi connectivity index (χ1n) is 8.17. The van der Waals surface area contributed by atoms with Crippen molar-refractivity contribution in [1.29, 1.82) is 0 Å². The van der Waals surface area contributed by atoms with Crippen molar-refractivity contribution in [3.05, 3.63) is 46.2 Å². The normalized spacial score (nSPS) is 11.5. The summed E-state index contributed by atoms with van der Waals surface area (Å²) in [7, 11) is 4.52. The maximum atomic E-state index is 12.4. The summed E-state index contributed by atoms with van der Waals surface area (Å²) in [6.07, 6.45) is 0.874. The molecule has 0 saturated heterocycles. The third-order valence-electron chi connectivity index (χ3n) is 3.93. The zero-order valence-electron chi connectivity index (χ0n) is 15.1. The Balaban J connectivity index is 2.01. The SMILES string of the molecule is COC(=O)C[C@H](NC(=O)CCc1cc(OC)ccc1OC)c1cccs1. The van der Waals surface area contributed by atoms with E-state index in [1.807, 2.05) is 35.7 Å². The fraction of sp³-hybridized carbons (Fsp3) is 0.368. The number of aryl methyl sites for hydroxylation is 1. The van der Waals surface area contributed by atoms with Crippen LogP contribution >= 0.6 is 11.3 Å². The summed E-state index contributed by atoms with van der Waals surface area (Å²) in [5, 5.41) is 4.83. The van der Waals surface area contributed by atoms with E-state index in [1.54, 1.807) is 14.2 Å².